The number of allylic oxidation sites excluding steroid dienone is 4. The minimum Gasteiger partial charge on any atom is -0.508 e. The summed E-state index contributed by atoms with van der Waals surface area (Å²) in [6.45, 7) is 22.2. The summed E-state index contributed by atoms with van der Waals surface area (Å²) in [5, 5.41) is 13.0. The normalized spacial score (nSPS) is 13.9. The molecule has 0 spiro atoms. The van der Waals surface area contributed by atoms with Crippen molar-refractivity contribution in [2.45, 2.75) is 93.5 Å². The van der Waals surface area contributed by atoms with Crippen molar-refractivity contribution in [3.05, 3.63) is 64.5 Å². The molecule has 0 heterocycles. The van der Waals surface area contributed by atoms with E-state index >= 15 is 0 Å². The molecule has 8 heteroatoms. The average Bonchev–Trinajstić information content (AvgIpc) is 2.81. The Morgan fingerprint density at radius 2 is 1.76 bits per heavy atom. The second-order valence-electron chi connectivity index (χ2n) is 9.64. The molecular formula is C29H49N2O5P. The van der Waals surface area contributed by atoms with Gasteiger partial charge in [-0.2, -0.15) is 0 Å². The monoisotopic (exact) mass is 536 g/mol. The van der Waals surface area contributed by atoms with Gasteiger partial charge < -0.3 is 14.6 Å². The van der Waals surface area contributed by atoms with Crippen LogP contribution in [0.15, 0.2) is 53.3 Å². The van der Waals surface area contributed by atoms with E-state index in [4.69, 9.17) is 10.2 Å². The molecule has 0 radical (unpaired) electrons. The number of hydrogen-bond donors (Lipinski definition) is 3. The first-order valence-corrected chi connectivity index (χ1v) is 14.9. The van der Waals surface area contributed by atoms with E-state index in [0.717, 1.165) is 29.5 Å². The molecule has 1 rings (SSSR count). The Morgan fingerprint density at radius 3 is 2.22 bits per heavy atom. The first-order valence-electron chi connectivity index (χ1n) is 13.0. The maximum Gasteiger partial charge on any atom is 0.305 e. The van der Waals surface area contributed by atoms with E-state index in [1.807, 2.05) is 32.9 Å². The molecule has 0 saturated heterocycles. The summed E-state index contributed by atoms with van der Waals surface area (Å²) in [5.74, 6) is 0.892. The van der Waals surface area contributed by atoms with Crippen molar-refractivity contribution in [3.8, 4) is 5.75 Å². The number of nitrogens with one attached hydrogen (secondary N) is 1. The number of carbonyl (C=O) groups is 1. The molecule has 0 aliphatic rings. The number of phenolic OH excluding ortho intramolecular Hbond substituents is 1. The molecule has 0 aliphatic carbocycles. The molecule has 0 aliphatic heterocycles. The molecule has 0 bridgehead atoms. The lowest BCUT2D eigenvalue weighted by Crippen LogP contribution is -2.26. The smallest absolute Gasteiger partial charge is 0.305 e. The van der Waals surface area contributed by atoms with E-state index in [9.17, 15) is 14.5 Å². The summed E-state index contributed by atoms with van der Waals surface area (Å²) in [6.07, 6.45) is 3.93. The summed E-state index contributed by atoms with van der Waals surface area (Å²) in [4.78, 5) is 10.2. The molecule has 1 atom stereocenters. The van der Waals surface area contributed by atoms with E-state index in [1.165, 1.54) is 11.1 Å². The second kappa shape index (κ2) is 17.2. The van der Waals surface area contributed by atoms with E-state index in [-0.39, 0.29) is 24.3 Å². The highest BCUT2D eigenvalue weighted by Crippen LogP contribution is 2.33. The Kier molecular flexibility index (Phi) is 16.1. The van der Waals surface area contributed by atoms with Crippen LogP contribution in [-0.4, -0.2) is 30.1 Å². The highest BCUT2D eigenvalue weighted by atomic mass is 31.2. The first kappa shape index (κ1) is 34.7. The molecule has 210 valence electrons. The van der Waals surface area contributed by atoms with Gasteiger partial charge in [0.15, 0.2) is 6.35 Å². The summed E-state index contributed by atoms with van der Waals surface area (Å²) in [6, 6.07) is 5.82. The number of rotatable bonds is 13. The molecule has 1 aromatic carbocycles. The van der Waals surface area contributed by atoms with Crippen molar-refractivity contribution in [3.63, 3.8) is 0 Å². The Bertz CT molecular complexity index is 996. The topological polar surface area (TPSA) is 111 Å². The van der Waals surface area contributed by atoms with E-state index in [1.54, 1.807) is 19.9 Å². The number of hydrogen-bond acceptors (Lipinski definition) is 5. The van der Waals surface area contributed by atoms with Crippen molar-refractivity contribution in [2.75, 3.05) is 13.0 Å². The van der Waals surface area contributed by atoms with Crippen LogP contribution >= 0.6 is 7.44 Å². The van der Waals surface area contributed by atoms with Crippen molar-refractivity contribution in [1.29, 1.82) is 0 Å². The van der Waals surface area contributed by atoms with Crippen LogP contribution in [0.5, 0.6) is 5.75 Å². The molecule has 7 nitrogen and oxygen atoms in total. The van der Waals surface area contributed by atoms with Gasteiger partial charge in [0, 0.05) is 12.5 Å². The van der Waals surface area contributed by atoms with Crippen molar-refractivity contribution in [2.24, 2.45) is 5.50 Å². The second-order valence-corrected chi connectivity index (χ2v) is 11.7. The molecule has 4 N–H and O–H groups in total. The molecule has 0 aromatic heterocycles. The molecule has 0 fully saturated rings. The van der Waals surface area contributed by atoms with Crippen LogP contribution in [0, 0.1) is 0 Å². The molecule has 1 aromatic rings. The zero-order valence-electron chi connectivity index (χ0n) is 24.3. The molecular weight excluding hydrogens is 487 g/mol. The number of phenols is 1. The summed E-state index contributed by atoms with van der Waals surface area (Å²) in [5.41, 5.74) is 11.4. The van der Waals surface area contributed by atoms with Crippen LogP contribution in [-0.2, 0) is 25.3 Å². The number of esters is 1. The molecule has 0 amide bonds. The molecule has 0 saturated carbocycles. The Labute approximate surface area is 224 Å². The van der Waals surface area contributed by atoms with Crippen LogP contribution in [0.4, 0.5) is 0 Å². The van der Waals surface area contributed by atoms with Gasteiger partial charge in [0.1, 0.15) is 11.5 Å². The van der Waals surface area contributed by atoms with Crippen molar-refractivity contribution in [1.82, 2.24) is 5.09 Å². The fourth-order valence-corrected chi connectivity index (χ4v) is 4.81. The standard InChI is InChI=1S/C24H39N2O3P.C5H10O2/c1-9-18(6)23(14-21-10-11-24(27)22(13-21)16(2)3)19(7)12-20(8)29-15-30(25,28)26-17(4)5;1-3-5(6)7-4-2/h10-13,16-17,27H,8-9,14-15H2,1-7H3,(H3,25,26,28);3-4H2,1-2H3/b19-12-,23-18-;. The van der Waals surface area contributed by atoms with Crippen molar-refractivity contribution < 1.29 is 23.9 Å². The predicted octanol–water partition coefficient (Wildman–Crippen LogP) is 7.33. The van der Waals surface area contributed by atoms with E-state index in [0.29, 0.717) is 24.5 Å². The third kappa shape index (κ3) is 14.2. The fourth-order valence-electron chi connectivity index (χ4n) is 3.51. The molecule has 37 heavy (non-hydrogen) atoms. The Balaban J connectivity index is 0.00000161. The predicted molar refractivity (Wildman–Crippen MR) is 155 cm³/mol. The summed E-state index contributed by atoms with van der Waals surface area (Å²) in [7, 11) is -3.07. The van der Waals surface area contributed by atoms with Gasteiger partial charge >= 0.3 is 5.97 Å². The summed E-state index contributed by atoms with van der Waals surface area (Å²) < 4.78 is 22.4. The third-order valence-corrected chi connectivity index (χ3v) is 6.97. The van der Waals surface area contributed by atoms with Gasteiger partial charge in [0.2, 0.25) is 7.44 Å². The summed E-state index contributed by atoms with van der Waals surface area (Å²) >= 11 is 0. The van der Waals surface area contributed by atoms with Gasteiger partial charge in [0.05, 0.1) is 6.61 Å². The number of aromatic hydroxyl groups is 1. The van der Waals surface area contributed by atoms with Gasteiger partial charge in [0.25, 0.3) is 0 Å². The fraction of sp³-hybridized carbons (Fsp3) is 0.552. The zero-order valence-corrected chi connectivity index (χ0v) is 25.2. The zero-order chi connectivity index (χ0) is 28.8. The largest absolute Gasteiger partial charge is 0.508 e. The van der Waals surface area contributed by atoms with Crippen LogP contribution in [0.1, 0.15) is 92.2 Å². The minimum atomic E-state index is -3.07. The number of benzene rings is 1. The quantitative estimate of drug-likeness (QED) is 0.105. The van der Waals surface area contributed by atoms with E-state index in [2.05, 4.69) is 50.2 Å². The van der Waals surface area contributed by atoms with Gasteiger partial charge in [-0.1, -0.05) is 52.0 Å². The first-order chi connectivity index (χ1) is 17.2. The van der Waals surface area contributed by atoms with Gasteiger partial charge in [-0.25, -0.2) is 0 Å². The minimum absolute atomic E-state index is 0.0118. The third-order valence-electron chi connectivity index (χ3n) is 5.51. The lowest BCUT2D eigenvalue weighted by atomic mass is 9.91. The average molecular weight is 537 g/mol. The van der Waals surface area contributed by atoms with Gasteiger partial charge in [-0.05, 0) is 87.8 Å². The Morgan fingerprint density at radius 1 is 1.14 bits per heavy atom. The maximum absolute atomic E-state index is 12.3. The highest BCUT2D eigenvalue weighted by Gasteiger charge is 2.18. The van der Waals surface area contributed by atoms with Crippen LogP contribution in [0.3, 0.4) is 0 Å². The van der Waals surface area contributed by atoms with Crippen LogP contribution in [0.25, 0.3) is 0 Å². The Hall–Kier alpha value is -2.34. The van der Waals surface area contributed by atoms with Crippen LogP contribution < -0.4 is 10.6 Å². The highest BCUT2D eigenvalue weighted by molar-refractivity contribution is 7.59. The van der Waals surface area contributed by atoms with E-state index < -0.39 is 7.44 Å². The number of carbonyl (C=O) groups excluding carboxylic acids is 1. The SMILES string of the molecule is C=C(/C=C(C)\C(Cc1ccc(O)c(C(C)C)c1)=C(\C)CC)OCP(N)(=O)NC(C)C.CCOC(=O)CC. The van der Waals surface area contributed by atoms with Crippen LogP contribution in [0.2, 0.25) is 0 Å². The number of ether oxygens (including phenoxy) is 2. The van der Waals surface area contributed by atoms with Crippen molar-refractivity contribution >= 4 is 13.4 Å². The lowest BCUT2D eigenvalue weighted by molar-refractivity contribution is -0.142. The lowest BCUT2D eigenvalue weighted by Gasteiger charge is -2.19. The van der Waals surface area contributed by atoms with Gasteiger partial charge in [-0.3, -0.25) is 20.0 Å². The number of nitrogens with two attached hydrogens (primary N) is 1. The molecule has 1 unspecified atom stereocenters. The van der Waals surface area contributed by atoms with Gasteiger partial charge in [-0.15, -0.1) is 0 Å². The maximum atomic E-state index is 12.3.